The molecule has 5 atom stereocenters. The van der Waals surface area contributed by atoms with E-state index in [0.29, 0.717) is 18.9 Å². The lowest BCUT2D eigenvalue weighted by molar-refractivity contribution is -0.136. The summed E-state index contributed by atoms with van der Waals surface area (Å²) < 4.78 is 9.60. The van der Waals surface area contributed by atoms with Crippen LogP contribution in [0.25, 0.3) is 22.3 Å². The summed E-state index contributed by atoms with van der Waals surface area (Å²) >= 11 is 0. The molecule has 0 radical (unpaired) electrons. The third kappa shape index (κ3) is 8.33. The lowest BCUT2D eigenvalue weighted by Gasteiger charge is -2.30. The highest BCUT2D eigenvalue weighted by Gasteiger charge is 2.55. The molecule has 14 nitrogen and oxygen atoms in total. The van der Waals surface area contributed by atoms with Crippen LogP contribution in [0.4, 0.5) is 9.59 Å². The molecule has 4 amide bonds. The molecular weight excluding hydrogens is 725 g/mol. The number of methoxy groups -OCH3 is 2. The molecular formula is C43H52N8O6. The molecule has 1 aliphatic carbocycles. The second kappa shape index (κ2) is 16.3. The van der Waals surface area contributed by atoms with E-state index in [0.717, 1.165) is 77.8 Å². The smallest absolute Gasteiger partial charge is 0.407 e. The Kier molecular flexibility index (Phi) is 11.3. The van der Waals surface area contributed by atoms with E-state index < -0.39 is 24.3 Å². The molecule has 7 rings (SSSR count). The number of benzene rings is 2. The van der Waals surface area contributed by atoms with E-state index in [4.69, 9.17) is 14.5 Å². The lowest BCUT2D eigenvalue weighted by atomic mass is 9.97. The number of alkyl carbamates (subject to hydrolysis) is 2. The van der Waals surface area contributed by atoms with E-state index in [1.807, 2.05) is 80.0 Å². The number of hydrogen-bond acceptors (Lipinski definition) is 8. The van der Waals surface area contributed by atoms with Gasteiger partial charge < -0.3 is 39.9 Å². The van der Waals surface area contributed by atoms with Crippen LogP contribution in [0.1, 0.15) is 101 Å². The van der Waals surface area contributed by atoms with Gasteiger partial charge in [-0.05, 0) is 85.3 Å². The Bertz CT molecular complexity index is 2190. The van der Waals surface area contributed by atoms with Crippen molar-refractivity contribution in [1.29, 1.82) is 0 Å². The van der Waals surface area contributed by atoms with Crippen molar-refractivity contribution >= 4 is 35.0 Å². The highest BCUT2D eigenvalue weighted by Crippen LogP contribution is 2.58. The molecule has 2 aliphatic heterocycles. The van der Waals surface area contributed by atoms with Crippen LogP contribution in [-0.4, -0.2) is 93.1 Å². The molecule has 0 unspecified atom stereocenters. The maximum Gasteiger partial charge on any atom is 0.407 e. The predicted molar refractivity (Wildman–Crippen MR) is 213 cm³/mol. The number of hydrogen-bond donors (Lipinski definition) is 4. The largest absolute Gasteiger partial charge is 0.453 e. The van der Waals surface area contributed by atoms with Crippen molar-refractivity contribution in [3.8, 4) is 23.1 Å². The highest BCUT2D eigenvalue weighted by molar-refractivity contribution is 5.87. The molecule has 4 aromatic rings. The molecule has 1 spiro atoms. The van der Waals surface area contributed by atoms with Crippen LogP contribution in [0.2, 0.25) is 0 Å². The quantitative estimate of drug-likeness (QED) is 0.137. The second-order valence-corrected chi connectivity index (χ2v) is 16.1. The second-order valence-electron chi connectivity index (χ2n) is 16.1. The van der Waals surface area contributed by atoms with Crippen LogP contribution < -0.4 is 10.6 Å². The summed E-state index contributed by atoms with van der Waals surface area (Å²) in [6, 6.07) is 12.0. The Morgan fingerprint density at radius 2 is 1.54 bits per heavy atom. The van der Waals surface area contributed by atoms with Gasteiger partial charge in [0.05, 0.1) is 49.2 Å². The molecule has 14 heteroatoms. The fourth-order valence-corrected chi connectivity index (χ4v) is 8.11. The first-order valence-corrected chi connectivity index (χ1v) is 19.9. The minimum Gasteiger partial charge on any atom is -0.453 e. The molecule has 300 valence electrons. The van der Waals surface area contributed by atoms with E-state index in [-0.39, 0.29) is 41.1 Å². The molecule has 2 aromatic carbocycles. The SMILES string of the molecule is CC[C@H](C)[C@H](NC(=O)OC)C(=O)N1CCC[C@H]1c1ncc(-c2ccc(C#Cc3ccc4nc([C@@H]5CC6(CC6)CN5C(=O)[C@@H](NC(=O)OC)C(C)C)[nH]c4c3)cc2)[nH]1. The molecule has 0 bridgehead atoms. The van der Waals surface area contributed by atoms with Crippen molar-refractivity contribution in [2.24, 2.45) is 17.3 Å². The standard InChI is InChI=1S/C43H52N8O6/c1-7-26(4)36(49-42(55)57-6)40(53)50-20-8-9-33(50)37-44-23-32(47-37)29-15-12-27(13-16-29)10-11-28-14-17-30-31(21-28)46-38(45-30)34-22-43(18-19-43)24-51(34)39(52)35(25(2)3)48-41(54)56-5/h12-17,21,23,25-26,33-36H,7-9,18-20,22,24H2,1-6H3,(H,44,47)(H,45,46)(H,48,54)(H,49,55)/t26-,33-,34-,35-,36-/m0/s1. The minimum atomic E-state index is -0.696. The molecule has 4 N–H and O–H groups in total. The Labute approximate surface area is 332 Å². The van der Waals surface area contributed by atoms with Gasteiger partial charge in [-0.15, -0.1) is 0 Å². The fourth-order valence-electron chi connectivity index (χ4n) is 8.11. The number of carbonyl (C=O) groups is 4. The first-order chi connectivity index (χ1) is 27.4. The number of aromatic nitrogens is 4. The predicted octanol–water partition coefficient (Wildman–Crippen LogP) is 6.22. The summed E-state index contributed by atoms with van der Waals surface area (Å²) in [4.78, 5) is 71.9. The van der Waals surface area contributed by atoms with E-state index >= 15 is 0 Å². The molecule has 2 aromatic heterocycles. The maximum atomic E-state index is 13.9. The number of fused-ring (bicyclic) bond motifs is 1. The number of H-pyrrole nitrogens is 2. The average molecular weight is 777 g/mol. The molecule has 3 fully saturated rings. The van der Waals surface area contributed by atoms with Gasteiger partial charge in [-0.3, -0.25) is 9.59 Å². The van der Waals surface area contributed by atoms with Crippen molar-refractivity contribution in [3.63, 3.8) is 0 Å². The van der Waals surface area contributed by atoms with Crippen LogP contribution in [0, 0.1) is 29.1 Å². The number of likely N-dealkylation sites (tertiary alicyclic amines) is 2. The van der Waals surface area contributed by atoms with Gasteiger partial charge in [0, 0.05) is 24.2 Å². The number of amides is 4. The zero-order valence-electron chi connectivity index (χ0n) is 33.5. The maximum absolute atomic E-state index is 13.9. The van der Waals surface area contributed by atoms with Gasteiger partial charge in [-0.1, -0.05) is 58.1 Å². The number of nitrogens with zero attached hydrogens (tertiary/aromatic N) is 4. The summed E-state index contributed by atoms with van der Waals surface area (Å²) in [5, 5.41) is 5.48. The van der Waals surface area contributed by atoms with Crippen LogP contribution in [-0.2, 0) is 19.1 Å². The van der Waals surface area contributed by atoms with Gasteiger partial charge >= 0.3 is 12.2 Å². The normalized spacial score (nSPS) is 19.8. The van der Waals surface area contributed by atoms with Crippen LogP contribution in [0.3, 0.4) is 0 Å². The Morgan fingerprint density at radius 3 is 2.21 bits per heavy atom. The van der Waals surface area contributed by atoms with E-state index in [9.17, 15) is 19.2 Å². The van der Waals surface area contributed by atoms with E-state index in [1.165, 1.54) is 14.2 Å². The van der Waals surface area contributed by atoms with Crippen molar-refractivity contribution in [2.75, 3.05) is 27.3 Å². The fraction of sp³-hybridized carbons (Fsp3) is 0.488. The number of rotatable bonds is 10. The Balaban J connectivity index is 1.03. The van der Waals surface area contributed by atoms with Gasteiger partial charge in [0.1, 0.15) is 23.7 Å². The molecule has 1 saturated carbocycles. The first kappa shape index (κ1) is 39.4. The summed E-state index contributed by atoms with van der Waals surface area (Å²) in [5.41, 5.74) is 5.21. The zero-order valence-corrected chi connectivity index (χ0v) is 33.5. The van der Waals surface area contributed by atoms with Gasteiger partial charge in [0.2, 0.25) is 11.8 Å². The van der Waals surface area contributed by atoms with Crippen molar-refractivity contribution in [2.45, 2.75) is 90.4 Å². The van der Waals surface area contributed by atoms with E-state index in [2.05, 4.69) is 37.4 Å². The summed E-state index contributed by atoms with van der Waals surface area (Å²) in [6.07, 6.45) is 5.89. The third-order valence-electron chi connectivity index (χ3n) is 11.9. The summed E-state index contributed by atoms with van der Waals surface area (Å²) in [6.45, 7) is 9.01. The number of carbonyl (C=O) groups excluding carboxylic acids is 4. The molecule has 2 saturated heterocycles. The van der Waals surface area contributed by atoms with Gasteiger partial charge in [0.25, 0.3) is 0 Å². The monoisotopic (exact) mass is 776 g/mol. The topological polar surface area (TPSA) is 175 Å². The molecule has 3 aliphatic rings. The van der Waals surface area contributed by atoms with Crippen molar-refractivity contribution in [1.82, 2.24) is 40.4 Å². The lowest BCUT2D eigenvalue weighted by Crippen LogP contribution is -2.51. The average Bonchev–Trinajstić information content (AvgIpc) is 3.71. The minimum absolute atomic E-state index is 0.0581. The van der Waals surface area contributed by atoms with Crippen molar-refractivity contribution < 1.29 is 28.7 Å². The van der Waals surface area contributed by atoms with Gasteiger partial charge in [-0.2, -0.15) is 0 Å². The number of imidazole rings is 2. The first-order valence-electron chi connectivity index (χ1n) is 19.9. The third-order valence-corrected chi connectivity index (χ3v) is 11.9. The van der Waals surface area contributed by atoms with E-state index in [1.54, 1.807) is 6.20 Å². The number of aromatic amines is 2. The summed E-state index contributed by atoms with van der Waals surface area (Å²) in [5.74, 6) is 7.58. The Morgan fingerprint density at radius 1 is 0.877 bits per heavy atom. The molecule has 4 heterocycles. The highest BCUT2D eigenvalue weighted by atomic mass is 16.5. The zero-order chi connectivity index (χ0) is 40.4. The van der Waals surface area contributed by atoms with Crippen LogP contribution in [0.5, 0.6) is 0 Å². The van der Waals surface area contributed by atoms with Crippen LogP contribution in [0.15, 0.2) is 48.7 Å². The van der Waals surface area contributed by atoms with Gasteiger partial charge in [0.15, 0.2) is 0 Å². The number of ether oxygens (including phenoxy) is 2. The number of nitrogens with one attached hydrogen (secondary N) is 4. The Hall–Kier alpha value is -5.84. The van der Waals surface area contributed by atoms with Gasteiger partial charge in [-0.25, -0.2) is 19.6 Å². The van der Waals surface area contributed by atoms with Crippen molar-refractivity contribution in [3.05, 3.63) is 71.4 Å². The van der Waals surface area contributed by atoms with Crippen LogP contribution >= 0.6 is 0 Å². The summed E-state index contributed by atoms with van der Waals surface area (Å²) in [7, 11) is 2.59. The molecule has 57 heavy (non-hydrogen) atoms.